The molecule has 7 nitrogen and oxygen atoms in total. The van der Waals surface area contributed by atoms with Gasteiger partial charge in [0.1, 0.15) is 0 Å². The van der Waals surface area contributed by atoms with E-state index in [9.17, 15) is 4.79 Å². The number of oxazole rings is 1. The summed E-state index contributed by atoms with van der Waals surface area (Å²) in [6.07, 6.45) is 1.71. The van der Waals surface area contributed by atoms with Gasteiger partial charge in [0.05, 0.1) is 18.8 Å². The first-order valence-corrected chi connectivity index (χ1v) is 10.1. The van der Waals surface area contributed by atoms with Crippen molar-refractivity contribution in [3.05, 3.63) is 65.4 Å². The highest BCUT2D eigenvalue weighted by Gasteiger charge is 2.28. The van der Waals surface area contributed by atoms with Crippen molar-refractivity contribution < 1.29 is 13.9 Å². The zero-order valence-corrected chi connectivity index (χ0v) is 17.4. The Labute approximate surface area is 176 Å². The van der Waals surface area contributed by atoms with E-state index in [-0.39, 0.29) is 12.1 Å². The van der Waals surface area contributed by atoms with Crippen LogP contribution in [0, 0.1) is 6.92 Å². The minimum absolute atomic E-state index is 0.0457. The van der Waals surface area contributed by atoms with Crippen LogP contribution in [0.4, 0.5) is 16.5 Å². The van der Waals surface area contributed by atoms with Crippen LogP contribution in [0.3, 0.4) is 0 Å². The summed E-state index contributed by atoms with van der Waals surface area (Å²) in [4.78, 5) is 17.8. The first kappa shape index (κ1) is 20.0. The van der Waals surface area contributed by atoms with E-state index in [1.807, 2.05) is 38.1 Å². The Morgan fingerprint density at radius 3 is 2.77 bits per heavy atom. The smallest absolute Gasteiger partial charge is 0.317 e. The summed E-state index contributed by atoms with van der Waals surface area (Å²) in [6.45, 7) is 5.90. The molecule has 1 aliphatic rings. The Morgan fingerprint density at radius 2 is 2.07 bits per heavy atom. The summed E-state index contributed by atoms with van der Waals surface area (Å²) < 4.78 is 11.4. The number of hydrogen-bond acceptors (Lipinski definition) is 5. The largest absolute Gasteiger partial charge is 0.423 e. The van der Waals surface area contributed by atoms with Gasteiger partial charge in [0.15, 0.2) is 5.76 Å². The highest BCUT2D eigenvalue weighted by atomic mass is 16.5. The van der Waals surface area contributed by atoms with Gasteiger partial charge in [0.2, 0.25) is 0 Å². The van der Waals surface area contributed by atoms with Crippen LogP contribution in [-0.2, 0) is 11.3 Å². The van der Waals surface area contributed by atoms with E-state index in [0.717, 1.165) is 27.9 Å². The number of anilines is 2. The van der Waals surface area contributed by atoms with Crippen molar-refractivity contribution in [1.82, 2.24) is 15.2 Å². The summed E-state index contributed by atoms with van der Waals surface area (Å²) in [6, 6.07) is 14.6. The number of likely N-dealkylation sites (N-methyl/N-ethyl adjacent to an activating group) is 1. The third-order valence-corrected chi connectivity index (χ3v) is 5.34. The highest BCUT2D eigenvalue weighted by molar-refractivity contribution is 5.77. The first-order valence-electron chi connectivity index (χ1n) is 10.1. The van der Waals surface area contributed by atoms with E-state index in [2.05, 4.69) is 33.8 Å². The molecule has 7 heteroatoms. The molecule has 1 atom stereocenters. The number of carbonyl (C=O) groups is 1. The molecule has 2 amide bonds. The zero-order chi connectivity index (χ0) is 21.1. The summed E-state index contributed by atoms with van der Waals surface area (Å²) in [5, 5.41) is 6.11. The van der Waals surface area contributed by atoms with Crippen LogP contribution in [0.1, 0.15) is 29.7 Å². The molecule has 3 aromatic rings. The summed E-state index contributed by atoms with van der Waals surface area (Å²) in [5.74, 6) is 0.682. The van der Waals surface area contributed by atoms with Crippen LogP contribution in [0.15, 0.2) is 53.1 Å². The van der Waals surface area contributed by atoms with Crippen molar-refractivity contribution in [3.8, 4) is 11.3 Å². The number of nitrogens with one attached hydrogen (secondary N) is 2. The van der Waals surface area contributed by atoms with Gasteiger partial charge in [-0.05, 0) is 36.6 Å². The van der Waals surface area contributed by atoms with Crippen molar-refractivity contribution in [3.63, 3.8) is 0 Å². The Morgan fingerprint density at radius 1 is 1.27 bits per heavy atom. The van der Waals surface area contributed by atoms with Crippen LogP contribution >= 0.6 is 0 Å². The first-order chi connectivity index (χ1) is 14.5. The predicted octanol–water partition coefficient (Wildman–Crippen LogP) is 4.63. The normalized spacial score (nSPS) is 16.0. The van der Waals surface area contributed by atoms with E-state index in [4.69, 9.17) is 9.15 Å². The molecule has 0 bridgehead atoms. The molecule has 2 N–H and O–H groups in total. The van der Waals surface area contributed by atoms with E-state index in [0.29, 0.717) is 31.5 Å². The van der Waals surface area contributed by atoms with Crippen LogP contribution < -0.4 is 10.6 Å². The quantitative estimate of drug-likeness (QED) is 0.598. The molecule has 1 unspecified atom stereocenters. The average molecular weight is 406 g/mol. The predicted molar refractivity (Wildman–Crippen MR) is 116 cm³/mol. The number of carbonyl (C=O) groups excluding carboxylic acids is 1. The van der Waals surface area contributed by atoms with E-state index in [1.165, 1.54) is 0 Å². The van der Waals surface area contributed by atoms with Crippen molar-refractivity contribution >= 4 is 17.7 Å². The van der Waals surface area contributed by atoms with E-state index in [1.54, 1.807) is 18.1 Å². The molecule has 2 heterocycles. The van der Waals surface area contributed by atoms with Gasteiger partial charge in [-0.1, -0.05) is 36.4 Å². The van der Waals surface area contributed by atoms with Crippen LogP contribution in [0.25, 0.3) is 11.3 Å². The van der Waals surface area contributed by atoms with Gasteiger partial charge in [-0.3, -0.25) is 0 Å². The molecule has 0 aliphatic carbocycles. The third kappa shape index (κ3) is 4.16. The fourth-order valence-corrected chi connectivity index (χ4v) is 3.49. The van der Waals surface area contributed by atoms with Gasteiger partial charge < -0.3 is 24.7 Å². The van der Waals surface area contributed by atoms with Crippen molar-refractivity contribution in [2.45, 2.75) is 26.5 Å². The molecule has 1 aliphatic heterocycles. The monoisotopic (exact) mass is 406 g/mol. The molecule has 1 aromatic heterocycles. The number of urea groups is 1. The fraction of sp³-hybridized carbons (Fsp3) is 0.304. The maximum atomic E-state index is 11.7. The zero-order valence-electron chi connectivity index (χ0n) is 17.4. The van der Waals surface area contributed by atoms with Crippen molar-refractivity contribution in [2.75, 3.05) is 25.5 Å². The molecule has 2 aromatic carbocycles. The lowest BCUT2D eigenvalue weighted by atomic mass is 10.0. The molecule has 0 saturated carbocycles. The Hall–Kier alpha value is -3.32. The number of nitrogens with zero attached hydrogens (tertiary/aromatic N) is 2. The Bertz CT molecular complexity index is 1030. The van der Waals surface area contributed by atoms with E-state index >= 15 is 0 Å². The van der Waals surface area contributed by atoms with Crippen LogP contribution in [0.2, 0.25) is 0 Å². The lowest BCUT2D eigenvalue weighted by molar-refractivity contribution is 0.134. The van der Waals surface area contributed by atoms with Gasteiger partial charge in [-0.15, -0.1) is 0 Å². The molecule has 4 rings (SSSR count). The minimum Gasteiger partial charge on any atom is -0.423 e. The molecule has 30 heavy (non-hydrogen) atoms. The van der Waals surface area contributed by atoms with Crippen molar-refractivity contribution in [2.24, 2.45) is 0 Å². The SMILES string of the molecule is CCOCc1ccc(C)c(Nc2ncc(-c3ccc(C4CNC(=O)N4C)cc3)o2)c1. The standard InChI is InChI=1S/C23H26N4O3/c1-4-29-14-16-6-5-15(2)19(11-16)26-22-24-13-21(30-22)18-9-7-17(8-10-18)20-12-25-23(28)27(20)3/h5-11,13,20H,4,12,14H2,1-3H3,(H,24,26)(H,25,28). The number of amides is 2. The number of hydrogen-bond donors (Lipinski definition) is 2. The maximum Gasteiger partial charge on any atom is 0.317 e. The third-order valence-electron chi connectivity index (χ3n) is 5.34. The molecule has 0 radical (unpaired) electrons. The summed E-state index contributed by atoms with van der Waals surface area (Å²) in [7, 11) is 1.81. The van der Waals surface area contributed by atoms with Crippen LogP contribution in [0.5, 0.6) is 0 Å². The maximum absolute atomic E-state index is 11.7. The number of ether oxygens (including phenoxy) is 1. The second kappa shape index (κ2) is 8.59. The molecule has 1 fully saturated rings. The van der Waals surface area contributed by atoms with Gasteiger partial charge >= 0.3 is 6.03 Å². The van der Waals surface area contributed by atoms with Gasteiger partial charge in [-0.2, -0.15) is 0 Å². The Kier molecular flexibility index (Phi) is 5.72. The van der Waals surface area contributed by atoms with Crippen molar-refractivity contribution in [1.29, 1.82) is 0 Å². The van der Waals surface area contributed by atoms with Gasteiger partial charge in [-0.25, -0.2) is 9.78 Å². The number of aryl methyl sites for hydroxylation is 1. The number of aromatic nitrogens is 1. The molecular weight excluding hydrogens is 380 g/mol. The molecular formula is C23H26N4O3. The molecule has 1 saturated heterocycles. The van der Waals surface area contributed by atoms with Gasteiger partial charge in [0.25, 0.3) is 6.01 Å². The van der Waals surface area contributed by atoms with Gasteiger partial charge in [0, 0.05) is 31.5 Å². The number of benzene rings is 2. The number of rotatable bonds is 7. The lowest BCUT2D eigenvalue weighted by Gasteiger charge is -2.18. The average Bonchev–Trinajstić information content (AvgIpc) is 3.36. The summed E-state index contributed by atoms with van der Waals surface area (Å²) in [5.41, 5.74) is 5.15. The Balaban J connectivity index is 1.47. The lowest BCUT2D eigenvalue weighted by Crippen LogP contribution is -2.25. The molecule has 156 valence electrons. The van der Waals surface area contributed by atoms with E-state index < -0.39 is 0 Å². The fourth-order valence-electron chi connectivity index (χ4n) is 3.49. The van der Waals surface area contributed by atoms with Crippen LogP contribution in [-0.4, -0.2) is 36.1 Å². The minimum atomic E-state index is -0.0457. The second-order valence-electron chi connectivity index (χ2n) is 7.38. The second-order valence-corrected chi connectivity index (χ2v) is 7.38. The molecule has 0 spiro atoms. The summed E-state index contributed by atoms with van der Waals surface area (Å²) >= 11 is 0. The highest BCUT2D eigenvalue weighted by Crippen LogP contribution is 2.29. The topological polar surface area (TPSA) is 79.6 Å².